The molecule has 0 N–H and O–H groups in total. The second kappa shape index (κ2) is 9.94. The Kier molecular flexibility index (Phi) is 6.82. The zero-order valence-corrected chi connectivity index (χ0v) is 19.4. The third-order valence-electron chi connectivity index (χ3n) is 4.85. The number of hydrogen-bond donors (Lipinski definition) is 0. The second-order valence-electron chi connectivity index (χ2n) is 6.83. The van der Waals surface area contributed by atoms with Crippen LogP contribution in [0.1, 0.15) is 20.8 Å². The van der Waals surface area contributed by atoms with Gasteiger partial charge >= 0.3 is 11.9 Å². The number of para-hydroxylation sites is 1. The van der Waals surface area contributed by atoms with Gasteiger partial charge in [-0.3, -0.25) is 0 Å². The summed E-state index contributed by atoms with van der Waals surface area (Å²) < 4.78 is 11.4. The lowest BCUT2D eigenvalue weighted by Crippen LogP contribution is -2.15. The number of ether oxygens (including phenoxy) is 2. The standard InChI is InChI=1S/C25H19ClN2O4S/c1-31-24(29)21-22(27-28(23(21)25(30)32-2)16-10-4-3-5-11-16)17-12-6-8-14-19(17)33-20-15-9-7-13-18(20)26/h3-15H,1-2H3. The molecule has 6 nitrogen and oxygen atoms in total. The number of carbonyl (C=O) groups is 2. The van der Waals surface area contributed by atoms with Crippen molar-refractivity contribution in [2.24, 2.45) is 0 Å². The molecular formula is C25H19ClN2O4S. The topological polar surface area (TPSA) is 70.4 Å². The molecule has 33 heavy (non-hydrogen) atoms. The van der Waals surface area contributed by atoms with Gasteiger partial charge in [-0.05, 0) is 30.3 Å². The Morgan fingerprint density at radius 2 is 1.42 bits per heavy atom. The number of methoxy groups -OCH3 is 2. The second-order valence-corrected chi connectivity index (χ2v) is 8.32. The smallest absolute Gasteiger partial charge is 0.357 e. The lowest BCUT2D eigenvalue weighted by molar-refractivity contribution is 0.0549. The Balaban J connectivity index is 1.97. The summed E-state index contributed by atoms with van der Waals surface area (Å²) in [6.45, 7) is 0. The first kappa shape index (κ1) is 22.6. The Labute approximate surface area is 200 Å². The van der Waals surface area contributed by atoms with Gasteiger partial charge in [-0.25, -0.2) is 14.3 Å². The molecule has 1 heterocycles. The largest absolute Gasteiger partial charge is 0.465 e. The van der Waals surface area contributed by atoms with E-state index >= 15 is 0 Å². The van der Waals surface area contributed by atoms with Crippen LogP contribution in [-0.4, -0.2) is 35.9 Å². The SMILES string of the molecule is COC(=O)c1c(-c2ccccc2Sc2ccccc2Cl)nn(-c2ccccc2)c1C(=O)OC. The monoisotopic (exact) mass is 478 g/mol. The van der Waals surface area contributed by atoms with Crippen molar-refractivity contribution in [3.63, 3.8) is 0 Å². The maximum atomic E-state index is 12.9. The summed E-state index contributed by atoms with van der Waals surface area (Å²) in [6.07, 6.45) is 0. The maximum Gasteiger partial charge on any atom is 0.357 e. The van der Waals surface area contributed by atoms with Gasteiger partial charge in [0, 0.05) is 15.4 Å². The summed E-state index contributed by atoms with van der Waals surface area (Å²) in [4.78, 5) is 27.4. The van der Waals surface area contributed by atoms with Crippen LogP contribution in [0.25, 0.3) is 16.9 Å². The zero-order valence-electron chi connectivity index (χ0n) is 17.8. The van der Waals surface area contributed by atoms with Crippen LogP contribution < -0.4 is 0 Å². The molecule has 0 unspecified atom stereocenters. The number of carbonyl (C=O) groups excluding carboxylic acids is 2. The Morgan fingerprint density at radius 3 is 2.09 bits per heavy atom. The van der Waals surface area contributed by atoms with Gasteiger partial charge in [0.2, 0.25) is 0 Å². The first-order chi connectivity index (χ1) is 16.0. The average molecular weight is 479 g/mol. The van der Waals surface area contributed by atoms with Crippen LogP contribution in [0.5, 0.6) is 0 Å². The van der Waals surface area contributed by atoms with Gasteiger partial charge < -0.3 is 9.47 Å². The molecule has 0 amide bonds. The predicted octanol–water partition coefficient (Wildman–Crippen LogP) is 5.92. The number of nitrogens with zero attached hydrogens (tertiary/aromatic N) is 2. The molecule has 0 fully saturated rings. The third kappa shape index (κ3) is 4.51. The molecule has 4 rings (SSSR count). The predicted molar refractivity (Wildman–Crippen MR) is 127 cm³/mol. The summed E-state index contributed by atoms with van der Waals surface area (Å²) in [7, 11) is 2.52. The van der Waals surface area contributed by atoms with E-state index in [4.69, 9.17) is 21.1 Å². The molecule has 0 aliphatic carbocycles. The average Bonchev–Trinajstić information content (AvgIpc) is 3.26. The number of benzene rings is 3. The molecule has 8 heteroatoms. The molecule has 166 valence electrons. The molecular weight excluding hydrogens is 460 g/mol. The highest BCUT2D eigenvalue weighted by molar-refractivity contribution is 7.99. The Hall–Kier alpha value is -3.55. The van der Waals surface area contributed by atoms with E-state index in [0.717, 1.165) is 9.79 Å². The molecule has 0 atom stereocenters. The number of aromatic nitrogens is 2. The van der Waals surface area contributed by atoms with Gasteiger partial charge in [0.1, 0.15) is 11.3 Å². The van der Waals surface area contributed by atoms with Crippen molar-refractivity contribution < 1.29 is 19.1 Å². The summed E-state index contributed by atoms with van der Waals surface area (Å²) in [6, 6.07) is 24.0. The van der Waals surface area contributed by atoms with E-state index in [9.17, 15) is 9.59 Å². The molecule has 0 radical (unpaired) electrons. The van der Waals surface area contributed by atoms with Gasteiger partial charge in [0.25, 0.3) is 0 Å². The molecule has 0 aliphatic rings. The van der Waals surface area contributed by atoms with Crippen molar-refractivity contribution in [3.8, 4) is 16.9 Å². The van der Waals surface area contributed by atoms with Crippen LogP contribution in [0.4, 0.5) is 0 Å². The molecule has 1 aromatic heterocycles. The van der Waals surface area contributed by atoms with E-state index in [0.29, 0.717) is 22.0 Å². The Morgan fingerprint density at radius 1 is 0.818 bits per heavy atom. The highest BCUT2D eigenvalue weighted by Crippen LogP contribution is 2.40. The minimum absolute atomic E-state index is 0.0110. The van der Waals surface area contributed by atoms with Gasteiger partial charge in [-0.2, -0.15) is 5.10 Å². The minimum atomic E-state index is -0.700. The molecule has 0 saturated carbocycles. The van der Waals surface area contributed by atoms with Crippen LogP contribution in [0, 0.1) is 0 Å². The van der Waals surface area contributed by atoms with Crippen molar-refractivity contribution in [2.45, 2.75) is 9.79 Å². The first-order valence-corrected chi connectivity index (χ1v) is 11.1. The zero-order chi connectivity index (χ0) is 23.4. The number of esters is 2. The van der Waals surface area contributed by atoms with E-state index in [2.05, 4.69) is 5.10 Å². The molecule has 0 saturated heterocycles. The van der Waals surface area contributed by atoms with Gasteiger partial charge in [0.05, 0.1) is 24.9 Å². The van der Waals surface area contributed by atoms with E-state index < -0.39 is 11.9 Å². The number of rotatable bonds is 6. The lowest BCUT2D eigenvalue weighted by Gasteiger charge is -2.10. The van der Waals surface area contributed by atoms with Gasteiger partial charge in [-0.15, -0.1) is 0 Å². The minimum Gasteiger partial charge on any atom is -0.465 e. The highest BCUT2D eigenvalue weighted by Gasteiger charge is 2.32. The fourth-order valence-corrected chi connectivity index (χ4v) is 4.56. The molecule has 0 aliphatic heterocycles. The van der Waals surface area contributed by atoms with Crippen LogP contribution in [0.3, 0.4) is 0 Å². The third-order valence-corrected chi connectivity index (χ3v) is 6.45. The molecule has 0 spiro atoms. The summed E-state index contributed by atoms with van der Waals surface area (Å²) in [5.41, 5.74) is 1.58. The summed E-state index contributed by atoms with van der Waals surface area (Å²) in [5.74, 6) is -1.39. The van der Waals surface area contributed by atoms with E-state index in [1.54, 1.807) is 12.1 Å². The molecule has 3 aromatic carbocycles. The lowest BCUT2D eigenvalue weighted by atomic mass is 10.1. The summed E-state index contributed by atoms with van der Waals surface area (Å²) in [5, 5.41) is 5.29. The van der Waals surface area contributed by atoms with Crippen LogP contribution in [-0.2, 0) is 9.47 Å². The normalized spacial score (nSPS) is 10.6. The van der Waals surface area contributed by atoms with E-state index in [-0.39, 0.29) is 11.3 Å². The number of hydrogen-bond acceptors (Lipinski definition) is 6. The van der Waals surface area contributed by atoms with E-state index in [1.165, 1.54) is 30.7 Å². The quantitative estimate of drug-likeness (QED) is 0.320. The van der Waals surface area contributed by atoms with Crippen molar-refractivity contribution >= 4 is 35.3 Å². The van der Waals surface area contributed by atoms with Crippen molar-refractivity contribution in [2.75, 3.05) is 14.2 Å². The fraction of sp³-hybridized carbons (Fsp3) is 0.0800. The van der Waals surface area contributed by atoms with Crippen molar-refractivity contribution in [1.29, 1.82) is 0 Å². The van der Waals surface area contributed by atoms with Gasteiger partial charge in [0.15, 0.2) is 5.69 Å². The highest BCUT2D eigenvalue weighted by atomic mass is 35.5. The first-order valence-electron chi connectivity index (χ1n) is 9.92. The molecule has 4 aromatic rings. The number of halogens is 1. The van der Waals surface area contributed by atoms with Crippen molar-refractivity contribution in [1.82, 2.24) is 9.78 Å². The van der Waals surface area contributed by atoms with Crippen molar-refractivity contribution in [3.05, 3.63) is 95.1 Å². The molecule has 0 bridgehead atoms. The van der Waals surface area contributed by atoms with E-state index in [1.807, 2.05) is 66.7 Å². The Bertz CT molecular complexity index is 1320. The van der Waals surface area contributed by atoms with Crippen LogP contribution in [0.15, 0.2) is 88.7 Å². The fourth-order valence-electron chi connectivity index (χ4n) is 3.34. The van der Waals surface area contributed by atoms with Crippen LogP contribution in [0.2, 0.25) is 5.02 Å². The summed E-state index contributed by atoms with van der Waals surface area (Å²) >= 11 is 7.81. The van der Waals surface area contributed by atoms with Crippen LogP contribution >= 0.6 is 23.4 Å². The van der Waals surface area contributed by atoms with Gasteiger partial charge in [-0.1, -0.05) is 71.9 Å². The maximum absolute atomic E-state index is 12.9.